The van der Waals surface area contributed by atoms with Gasteiger partial charge in [0, 0.05) is 24.5 Å². The molecule has 1 heterocycles. The van der Waals surface area contributed by atoms with Crippen LogP contribution in [0.15, 0.2) is 30.3 Å². The van der Waals surface area contributed by atoms with Crippen LogP contribution in [-0.2, 0) is 0 Å². The number of nitrogens with one attached hydrogen (secondary N) is 1. The Kier molecular flexibility index (Phi) is 4.23. The molecule has 0 unspecified atom stereocenters. The van der Waals surface area contributed by atoms with Gasteiger partial charge in [0.15, 0.2) is 0 Å². The number of nitrogens with two attached hydrogens (primary N) is 1. The van der Waals surface area contributed by atoms with Crippen molar-refractivity contribution in [1.29, 1.82) is 5.41 Å². The minimum absolute atomic E-state index is 0.0853. The summed E-state index contributed by atoms with van der Waals surface area (Å²) >= 11 is 0. The summed E-state index contributed by atoms with van der Waals surface area (Å²) in [5.41, 5.74) is 7.34. The summed E-state index contributed by atoms with van der Waals surface area (Å²) in [6, 6.07) is 9.72. The number of pyridine rings is 1. The molecule has 0 aliphatic carbocycles. The monoisotopic (exact) mass is 270 g/mol. The molecule has 0 amide bonds. The Labute approximate surface area is 120 Å². The van der Waals surface area contributed by atoms with Crippen molar-refractivity contribution in [3.05, 3.63) is 35.9 Å². The van der Waals surface area contributed by atoms with E-state index in [9.17, 15) is 0 Å². The summed E-state index contributed by atoms with van der Waals surface area (Å²) in [4.78, 5) is 6.79. The quantitative estimate of drug-likeness (QED) is 0.648. The van der Waals surface area contributed by atoms with E-state index in [1.165, 1.54) is 0 Å². The van der Waals surface area contributed by atoms with Gasteiger partial charge in [-0.25, -0.2) is 4.98 Å². The highest BCUT2D eigenvalue weighted by molar-refractivity contribution is 6.07. The van der Waals surface area contributed by atoms with Crippen LogP contribution in [-0.4, -0.2) is 24.4 Å². The van der Waals surface area contributed by atoms with Gasteiger partial charge < -0.3 is 10.6 Å². The zero-order chi connectivity index (χ0) is 14.7. The Morgan fingerprint density at radius 2 is 2.05 bits per heavy atom. The largest absolute Gasteiger partial charge is 0.384 e. The van der Waals surface area contributed by atoms with Crippen molar-refractivity contribution in [3.8, 4) is 0 Å². The maximum Gasteiger partial charge on any atom is 0.129 e. The lowest BCUT2D eigenvalue weighted by Crippen LogP contribution is -2.22. The highest BCUT2D eigenvalue weighted by Gasteiger charge is 2.11. The number of rotatable bonds is 5. The van der Waals surface area contributed by atoms with Gasteiger partial charge in [-0.1, -0.05) is 32.0 Å². The third kappa shape index (κ3) is 3.07. The average Bonchev–Trinajstić information content (AvgIpc) is 2.43. The first kappa shape index (κ1) is 14.3. The van der Waals surface area contributed by atoms with Crippen LogP contribution in [0.5, 0.6) is 0 Å². The van der Waals surface area contributed by atoms with E-state index in [-0.39, 0.29) is 5.84 Å². The molecule has 0 radical (unpaired) electrons. The van der Waals surface area contributed by atoms with E-state index < -0.39 is 0 Å². The highest BCUT2D eigenvalue weighted by atomic mass is 15.2. The fraction of sp³-hybridized carbons (Fsp3) is 0.375. The van der Waals surface area contributed by atoms with Crippen molar-refractivity contribution in [3.63, 3.8) is 0 Å². The minimum atomic E-state index is 0.0853. The predicted octanol–water partition coefficient (Wildman–Crippen LogP) is 3.00. The lowest BCUT2D eigenvalue weighted by Gasteiger charge is -2.20. The van der Waals surface area contributed by atoms with Gasteiger partial charge in [0.1, 0.15) is 11.7 Å². The van der Waals surface area contributed by atoms with Gasteiger partial charge in [0.25, 0.3) is 0 Å². The summed E-state index contributed by atoms with van der Waals surface area (Å²) in [7, 11) is 2.03. The lowest BCUT2D eigenvalue weighted by atomic mass is 10.1. The maximum absolute atomic E-state index is 7.76. The van der Waals surface area contributed by atoms with Gasteiger partial charge >= 0.3 is 0 Å². The summed E-state index contributed by atoms with van der Waals surface area (Å²) in [6.07, 6.45) is 1.11. The Balaban J connectivity index is 2.42. The molecule has 0 spiro atoms. The van der Waals surface area contributed by atoms with E-state index in [2.05, 4.69) is 23.7 Å². The second-order valence-electron chi connectivity index (χ2n) is 5.56. The van der Waals surface area contributed by atoms with Gasteiger partial charge in [-0.2, -0.15) is 0 Å². The van der Waals surface area contributed by atoms with Crippen LogP contribution in [0.3, 0.4) is 0 Å². The van der Waals surface area contributed by atoms with Crippen LogP contribution in [0, 0.1) is 11.3 Å². The smallest absolute Gasteiger partial charge is 0.129 e. The molecule has 20 heavy (non-hydrogen) atoms. The van der Waals surface area contributed by atoms with Crippen molar-refractivity contribution in [2.45, 2.75) is 20.3 Å². The van der Waals surface area contributed by atoms with E-state index in [0.717, 1.165) is 35.2 Å². The molecule has 0 aliphatic heterocycles. The van der Waals surface area contributed by atoms with Crippen molar-refractivity contribution in [1.82, 2.24) is 4.98 Å². The highest BCUT2D eigenvalue weighted by Crippen LogP contribution is 2.22. The van der Waals surface area contributed by atoms with Gasteiger partial charge in [-0.3, -0.25) is 5.41 Å². The van der Waals surface area contributed by atoms with E-state index in [0.29, 0.717) is 5.92 Å². The molecule has 1 aromatic carbocycles. The molecule has 1 aromatic heterocycles. The number of para-hydroxylation sites is 1. The number of amidine groups is 1. The number of fused-ring (bicyclic) bond motifs is 1. The topological polar surface area (TPSA) is 66.0 Å². The van der Waals surface area contributed by atoms with Crippen molar-refractivity contribution in [2.75, 3.05) is 18.5 Å². The number of anilines is 1. The first-order valence-corrected chi connectivity index (χ1v) is 6.94. The molecular formula is C16H22N4. The van der Waals surface area contributed by atoms with Crippen LogP contribution in [0.4, 0.5) is 5.82 Å². The third-order valence-corrected chi connectivity index (χ3v) is 3.43. The summed E-state index contributed by atoms with van der Waals surface area (Å²) < 4.78 is 0. The second kappa shape index (κ2) is 5.90. The van der Waals surface area contributed by atoms with Crippen LogP contribution >= 0.6 is 0 Å². The molecule has 2 rings (SSSR count). The normalized spacial score (nSPS) is 11.0. The van der Waals surface area contributed by atoms with Gasteiger partial charge in [0.2, 0.25) is 0 Å². The van der Waals surface area contributed by atoms with Crippen molar-refractivity contribution >= 4 is 22.6 Å². The number of hydrogen-bond donors (Lipinski definition) is 2. The van der Waals surface area contributed by atoms with E-state index in [1.54, 1.807) is 0 Å². The number of nitrogens with zero attached hydrogens (tertiary/aromatic N) is 2. The standard InChI is InChI=1S/C16H22N4/c1-11(2)8-9-20(3)15-10-13(16(17)18)12-6-4-5-7-14(12)19-15/h4-7,10-11H,8-9H2,1-3H3,(H3,17,18). The van der Waals surface area contributed by atoms with E-state index in [4.69, 9.17) is 11.1 Å². The Morgan fingerprint density at radius 1 is 1.35 bits per heavy atom. The number of aromatic nitrogens is 1. The first-order chi connectivity index (χ1) is 9.49. The second-order valence-corrected chi connectivity index (χ2v) is 5.56. The fourth-order valence-electron chi connectivity index (χ4n) is 2.15. The minimum Gasteiger partial charge on any atom is -0.384 e. The predicted molar refractivity (Wildman–Crippen MR) is 85.5 cm³/mol. The van der Waals surface area contributed by atoms with Crippen molar-refractivity contribution in [2.24, 2.45) is 11.7 Å². The van der Waals surface area contributed by atoms with Crippen LogP contribution < -0.4 is 10.6 Å². The molecule has 0 atom stereocenters. The SMILES string of the molecule is CC(C)CCN(C)c1cc(C(=N)N)c2ccccc2n1. The molecule has 0 fully saturated rings. The number of hydrogen-bond acceptors (Lipinski definition) is 3. The van der Waals surface area contributed by atoms with Gasteiger partial charge in [0.05, 0.1) is 5.52 Å². The first-order valence-electron chi connectivity index (χ1n) is 6.94. The van der Waals surface area contributed by atoms with E-state index in [1.807, 2.05) is 37.4 Å². The molecule has 4 heteroatoms. The maximum atomic E-state index is 7.76. The zero-order valence-electron chi connectivity index (χ0n) is 12.4. The Hall–Kier alpha value is -2.10. The molecule has 0 aliphatic rings. The molecule has 0 saturated heterocycles. The fourth-order valence-corrected chi connectivity index (χ4v) is 2.15. The molecule has 0 saturated carbocycles. The van der Waals surface area contributed by atoms with Gasteiger partial charge in [-0.15, -0.1) is 0 Å². The van der Waals surface area contributed by atoms with Crippen molar-refractivity contribution < 1.29 is 0 Å². The van der Waals surface area contributed by atoms with E-state index >= 15 is 0 Å². The van der Waals surface area contributed by atoms with Crippen LogP contribution in [0.25, 0.3) is 10.9 Å². The Bertz CT molecular complexity index is 619. The number of benzene rings is 1. The molecule has 4 nitrogen and oxygen atoms in total. The third-order valence-electron chi connectivity index (χ3n) is 3.43. The molecular weight excluding hydrogens is 248 g/mol. The number of nitrogen functional groups attached to an aromatic ring is 1. The van der Waals surface area contributed by atoms with Gasteiger partial charge in [-0.05, 0) is 24.5 Å². The molecule has 106 valence electrons. The Morgan fingerprint density at radius 3 is 2.70 bits per heavy atom. The molecule has 3 N–H and O–H groups in total. The summed E-state index contributed by atoms with van der Waals surface area (Å²) in [5, 5.41) is 8.69. The average molecular weight is 270 g/mol. The van der Waals surface area contributed by atoms with Crippen LogP contribution in [0.1, 0.15) is 25.8 Å². The summed E-state index contributed by atoms with van der Waals surface area (Å²) in [5.74, 6) is 1.61. The molecule has 0 bridgehead atoms. The zero-order valence-corrected chi connectivity index (χ0v) is 12.4. The molecule has 2 aromatic rings. The lowest BCUT2D eigenvalue weighted by molar-refractivity contribution is 0.584. The van der Waals surface area contributed by atoms with Crippen LogP contribution in [0.2, 0.25) is 0 Å². The summed E-state index contributed by atoms with van der Waals surface area (Å²) in [6.45, 7) is 5.37.